The van der Waals surface area contributed by atoms with Gasteiger partial charge in [0.2, 0.25) is 5.78 Å². The van der Waals surface area contributed by atoms with Crippen molar-refractivity contribution in [1.82, 2.24) is 4.98 Å². The molecule has 5 heteroatoms. The van der Waals surface area contributed by atoms with Gasteiger partial charge in [0, 0.05) is 33.3 Å². The zero-order valence-corrected chi connectivity index (χ0v) is 17.2. The minimum atomic E-state index is -0.924. The van der Waals surface area contributed by atoms with E-state index in [1.54, 1.807) is 6.92 Å². The number of para-hydroxylation sites is 3. The number of carbonyl (C=O) groups excluding carboxylic acids is 2. The molecule has 3 aromatic carbocycles. The molecule has 1 atom stereocenters. The maximum Gasteiger partial charge on any atom is 0.318 e. The van der Waals surface area contributed by atoms with Gasteiger partial charge in [0.25, 0.3) is 0 Å². The Balaban J connectivity index is 1.47. The summed E-state index contributed by atoms with van der Waals surface area (Å²) in [5.41, 5.74) is 3.66. The molecule has 2 heterocycles. The van der Waals surface area contributed by atoms with Gasteiger partial charge in [-0.1, -0.05) is 54.6 Å². The van der Waals surface area contributed by atoms with E-state index in [9.17, 15) is 9.59 Å². The summed E-state index contributed by atoms with van der Waals surface area (Å²) >= 11 is 0. The molecule has 1 N–H and O–H groups in total. The molecule has 0 saturated heterocycles. The van der Waals surface area contributed by atoms with Gasteiger partial charge in [0.15, 0.2) is 6.10 Å². The number of aryl methyl sites for hydroxylation is 1. The third kappa shape index (κ3) is 3.19. The van der Waals surface area contributed by atoms with Crippen LogP contribution in [-0.2, 0) is 9.53 Å². The highest BCUT2D eigenvalue weighted by molar-refractivity contribution is 6.11. The van der Waals surface area contributed by atoms with E-state index < -0.39 is 18.0 Å². The van der Waals surface area contributed by atoms with Crippen LogP contribution >= 0.6 is 0 Å². The molecule has 0 fully saturated rings. The fourth-order valence-electron chi connectivity index (χ4n) is 4.26. The number of ketones is 1. The van der Waals surface area contributed by atoms with Gasteiger partial charge in [-0.25, -0.2) is 0 Å². The zero-order valence-electron chi connectivity index (χ0n) is 17.2. The van der Waals surface area contributed by atoms with Gasteiger partial charge in [0.05, 0.1) is 0 Å². The van der Waals surface area contributed by atoms with E-state index in [0.29, 0.717) is 17.1 Å². The van der Waals surface area contributed by atoms with Crippen molar-refractivity contribution in [3.63, 3.8) is 0 Å². The first-order valence-corrected chi connectivity index (χ1v) is 10.2. The first kappa shape index (κ1) is 19.1. The van der Waals surface area contributed by atoms with Crippen LogP contribution in [0, 0.1) is 6.92 Å². The van der Waals surface area contributed by atoms with Crippen LogP contribution in [0.2, 0.25) is 0 Å². The van der Waals surface area contributed by atoms with Gasteiger partial charge in [0.1, 0.15) is 17.4 Å². The van der Waals surface area contributed by atoms with E-state index in [1.807, 2.05) is 79.7 Å². The molecule has 31 heavy (non-hydrogen) atoms. The Morgan fingerprint density at radius 2 is 1.48 bits per heavy atom. The smallest absolute Gasteiger partial charge is 0.318 e. The Morgan fingerprint density at radius 3 is 2.16 bits per heavy atom. The number of esters is 1. The molecule has 1 aromatic heterocycles. The summed E-state index contributed by atoms with van der Waals surface area (Å²) in [6, 6.07) is 22.4. The van der Waals surface area contributed by atoms with Crippen molar-refractivity contribution in [3.8, 4) is 11.5 Å². The van der Waals surface area contributed by atoms with Crippen LogP contribution in [0.3, 0.4) is 0 Å². The van der Waals surface area contributed by atoms with Crippen LogP contribution < -0.4 is 4.74 Å². The second-order valence-electron chi connectivity index (χ2n) is 7.72. The molecule has 0 radical (unpaired) electrons. The highest BCUT2D eigenvalue weighted by atomic mass is 16.5. The van der Waals surface area contributed by atoms with Crippen molar-refractivity contribution >= 4 is 22.7 Å². The third-order valence-corrected chi connectivity index (χ3v) is 5.72. The number of carbonyl (C=O) groups is 2. The number of H-pyrrole nitrogens is 1. The molecular weight excluding hydrogens is 390 g/mol. The summed E-state index contributed by atoms with van der Waals surface area (Å²) in [4.78, 5) is 29.8. The maximum absolute atomic E-state index is 13.3. The SMILES string of the molecule is Cc1[nH]c2ccccc2c1C(=O)[C@@H](C)OC(=O)C1c2ccccc2Oc2ccccc21. The summed E-state index contributed by atoms with van der Waals surface area (Å²) in [5.74, 6) is -0.108. The van der Waals surface area contributed by atoms with Gasteiger partial charge >= 0.3 is 5.97 Å². The minimum absolute atomic E-state index is 0.225. The van der Waals surface area contributed by atoms with Crippen molar-refractivity contribution < 1.29 is 19.1 Å². The first-order chi connectivity index (χ1) is 15.0. The van der Waals surface area contributed by atoms with Crippen LogP contribution in [0.25, 0.3) is 10.9 Å². The topological polar surface area (TPSA) is 68.4 Å². The number of ether oxygens (including phenoxy) is 2. The lowest BCUT2D eigenvalue weighted by Gasteiger charge is -2.27. The summed E-state index contributed by atoms with van der Waals surface area (Å²) in [7, 11) is 0. The van der Waals surface area contributed by atoms with Crippen molar-refractivity contribution in [3.05, 3.63) is 95.2 Å². The third-order valence-electron chi connectivity index (χ3n) is 5.72. The Labute approximate surface area is 179 Å². The molecule has 0 amide bonds. The quantitative estimate of drug-likeness (QED) is 0.354. The van der Waals surface area contributed by atoms with Crippen LogP contribution in [-0.4, -0.2) is 22.8 Å². The summed E-state index contributed by atoms with van der Waals surface area (Å²) in [5, 5.41) is 0.828. The number of nitrogens with one attached hydrogen (secondary N) is 1. The molecule has 154 valence electrons. The Kier molecular flexibility index (Phi) is 4.59. The Bertz CT molecular complexity index is 1270. The normalized spacial score (nSPS) is 13.7. The Morgan fingerprint density at radius 1 is 0.903 bits per heavy atom. The molecule has 4 aromatic rings. The van der Waals surface area contributed by atoms with Gasteiger partial charge in [-0.05, 0) is 32.0 Å². The highest BCUT2D eigenvalue weighted by Crippen LogP contribution is 2.44. The lowest BCUT2D eigenvalue weighted by Crippen LogP contribution is -2.29. The number of hydrogen-bond acceptors (Lipinski definition) is 4. The zero-order chi connectivity index (χ0) is 21.5. The second kappa shape index (κ2) is 7.43. The molecule has 0 spiro atoms. The number of aromatic nitrogens is 1. The average Bonchev–Trinajstić information content (AvgIpc) is 3.12. The van der Waals surface area contributed by atoms with Crippen LogP contribution in [0.1, 0.15) is 40.0 Å². The van der Waals surface area contributed by atoms with E-state index in [4.69, 9.17) is 9.47 Å². The maximum atomic E-state index is 13.3. The fraction of sp³-hybridized carbons (Fsp3) is 0.154. The molecule has 1 aliphatic rings. The largest absolute Gasteiger partial charge is 0.457 e. The molecule has 0 saturated carbocycles. The number of fused-ring (bicyclic) bond motifs is 3. The lowest BCUT2D eigenvalue weighted by atomic mass is 9.88. The van der Waals surface area contributed by atoms with Crippen LogP contribution in [0.4, 0.5) is 0 Å². The van der Waals surface area contributed by atoms with E-state index in [-0.39, 0.29) is 5.78 Å². The van der Waals surface area contributed by atoms with Crippen LogP contribution in [0.15, 0.2) is 72.8 Å². The summed E-state index contributed by atoms with van der Waals surface area (Å²) in [6.45, 7) is 3.48. The Hall–Kier alpha value is -3.86. The van der Waals surface area contributed by atoms with E-state index >= 15 is 0 Å². The van der Waals surface area contributed by atoms with Crippen molar-refractivity contribution in [1.29, 1.82) is 0 Å². The molecule has 0 bridgehead atoms. The van der Waals surface area contributed by atoms with Gasteiger partial charge in [-0.15, -0.1) is 0 Å². The monoisotopic (exact) mass is 411 g/mol. The van der Waals surface area contributed by atoms with Crippen molar-refractivity contribution in [2.75, 3.05) is 0 Å². The molecule has 1 aliphatic heterocycles. The molecular formula is C26H21NO4. The molecule has 0 aliphatic carbocycles. The highest BCUT2D eigenvalue weighted by Gasteiger charge is 2.35. The summed E-state index contributed by atoms with van der Waals surface area (Å²) < 4.78 is 11.7. The second-order valence-corrected chi connectivity index (χ2v) is 7.72. The standard InChI is InChI=1S/C26H21NO4/c1-15-23(17-9-3-6-12-20(17)27-15)25(28)16(2)30-26(29)24-18-10-4-7-13-21(18)31-22-14-8-5-11-19(22)24/h3-14,16,24,27H,1-2H3/t16-/m1/s1. The van der Waals surface area contributed by atoms with Gasteiger partial charge < -0.3 is 14.5 Å². The number of hydrogen-bond donors (Lipinski definition) is 1. The predicted molar refractivity (Wildman–Crippen MR) is 118 cm³/mol. The van der Waals surface area contributed by atoms with Crippen LogP contribution in [0.5, 0.6) is 11.5 Å². The average molecular weight is 411 g/mol. The van der Waals surface area contributed by atoms with Gasteiger partial charge in [-0.2, -0.15) is 0 Å². The number of rotatable bonds is 4. The number of Topliss-reactive ketones (excluding diaryl/α,β-unsaturated/α-hetero) is 1. The van der Waals surface area contributed by atoms with E-state index in [1.165, 1.54) is 0 Å². The molecule has 5 nitrogen and oxygen atoms in total. The van der Waals surface area contributed by atoms with E-state index in [2.05, 4.69) is 4.98 Å². The molecule has 5 rings (SSSR count). The van der Waals surface area contributed by atoms with Gasteiger partial charge in [-0.3, -0.25) is 9.59 Å². The summed E-state index contributed by atoms with van der Waals surface area (Å²) in [6.07, 6.45) is -0.924. The fourth-order valence-corrected chi connectivity index (χ4v) is 4.26. The van der Waals surface area contributed by atoms with Crippen molar-refractivity contribution in [2.24, 2.45) is 0 Å². The van der Waals surface area contributed by atoms with E-state index in [0.717, 1.165) is 27.7 Å². The van der Waals surface area contributed by atoms with Crippen molar-refractivity contribution in [2.45, 2.75) is 25.9 Å². The first-order valence-electron chi connectivity index (χ1n) is 10.2. The number of aromatic amines is 1. The predicted octanol–water partition coefficient (Wildman–Crippen LogP) is 5.53. The molecule has 0 unspecified atom stereocenters. The lowest BCUT2D eigenvalue weighted by molar-refractivity contribution is -0.147. The number of benzene rings is 3. The minimum Gasteiger partial charge on any atom is -0.457 e.